The maximum absolute atomic E-state index is 11.4. The first-order valence-corrected chi connectivity index (χ1v) is 3.75. The molecule has 0 bridgehead atoms. The average molecular weight is 211 g/mol. The third-order valence-electron chi connectivity index (χ3n) is 0.549. The minimum absolute atomic E-state index is 0. The van der Waals surface area contributed by atoms with Gasteiger partial charge in [-0.1, -0.05) is 0 Å². The maximum atomic E-state index is 11.4. The van der Waals surface area contributed by atoms with E-state index < -0.39 is 21.9 Å². The van der Waals surface area contributed by atoms with Crippen molar-refractivity contribution in [3.05, 3.63) is 0 Å². The Balaban J connectivity index is 0. The Labute approximate surface area is 66.8 Å². The van der Waals surface area contributed by atoms with Crippen molar-refractivity contribution in [2.45, 2.75) is 18.7 Å². The van der Waals surface area contributed by atoms with Crippen LogP contribution in [0, 0.1) is 0 Å². The van der Waals surface area contributed by atoms with E-state index in [1.165, 1.54) is 0 Å². The SMILES string of the molecule is CC(O)OS(=O)(=O)C(F)(F)F.N. The molecule has 0 aromatic carbocycles. The van der Waals surface area contributed by atoms with E-state index in [0.717, 1.165) is 6.92 Å². The van der Waals surface area contributed by atoms with Gasteiger partial charge in [0.05, 0.1) is 0 Å². The number of halogens is 3. The molecule has 0 aliphatic rings. The highest BCUT2D eigenvalue weighted by Crippen LogP contribution is 2.24. The van der Waals surface area contributed by atoms with Gasteiger partial charge in [-0.05, 0) is 6.92 Å². The van der Waals surface area contributed by atoms with E-state index in [9.17, 15) is 21.6 Å². The first kappa shape index (κ1) is 14.2. The van der Waals surface area contributed by atoms with Crippen LogP contribution in [0.3, 0.4) is 0 Å². The average Bonchev–Trinajstić information content (AvgIpc) is 1.56. The lowest BCUT2D eigenvalue weighted by Crippen LogP contribution is -2.28. The third kappa shape index (κ3) is 3.85. The van der Waals surface area contributed by atoms with E-state index in [4.69, 9.17) is 5.11 Å². The van der Waals surface area contributed by atoms with Gasteiger partial charge in [0.1, 0.15) is 0 Å². The minimum Gasteiger partial charge on any atom is -0.367 e. The number of hydrogen-bond donors (Lipinski definition) is 2. The second kappa shape index (κ2) is 4.03. The first-order valence-electron chi connectivity index (χ1n) is 2.34. The van der Waals surface area contributed by atoms with Gasteiger partial charge in [0.2, 0.25) is 0 Å². The van der Waals surface area contributed by atoms with Gasteiger partial charge in [-0.25, -0.2) is 4.18 Å². The van der Waals surface area contributed by atoms with Crippen LogP contribution in [0.4, 0.5) is 13.2 Å². The molecule has 0 aromatic rings. The van der Waals surface area contributed by atoms with Crippen LogP contribution in [0.1, 0.15) is 6.92 Å². The van der Waals surface area contributed by atoms with Crippen LogP contribution in [-0.2, 0) is 14.3 Å². The van der Waals surface area contributed by atoms with E-state index in [2.05, 4.69) is 4.18 Å². The molecule has 0 spiro atoms. The fourth-order valence-electron chi connectivity index (χ4n) is 0.238. The summed E-state index contributed by atoms with van der Waals surface area (Å²) in [6.45, 7) is 0.753. The summed E-state index contributed by atoms with van der Waals surface area (Å²) in [6, 6.07) is 0. The van der Waals surface area contributed by atoms with Crippen LogP contribution in [0.15, 0.2) is 0 Å². The van der Waals surface area contributed by atoms with Gasteiger partial charge in [0, 0.05) is 0 Å². The highest BCUT2D eigenvalue weighted by atomic mass is 32.2. The molecule has 0 fully saturated rings. The van der Waals surface area contributed by atoms with Gasteiger partial charge in [0.15, 0.2) is 6.29 Å². The molecule has 0 rings (SSSR count). The van der Waals surface area contributed by atoms with Gasteiger partial charge in [-0.2, -0.15) is 21.6 Å². The van der Waals surface area contributed by atoms with Gasteiger partial charge in [0.25, 0.3) is 0 Å². The van der Waals surface area contributed by atoms with Gasteiger partial charge in [-0.3, -0.25) is 0 Å². The summed E-state index contributed by atoms with van der Waals surface area (Å²) >= 11 is 0. The zero-order valence-corrected chi connectivity index (χ0v) is 6.82. The normalized spacial score (nSPS) is 15.1. The van der Waals surface area contributed by atoms with Crippen molar-refractivity contribution in [1.29, 1.82) is 0 Å². The molecule has 0 saturated heterocycles. The number of alkyl halides is 3. The zero-order chi connectivity index (χ0) is 9.28. The Morgan fingerprint density at radius 2 is 1.75 bits per heavy atom. The summed E-state index contributed by atoms with van der Waals surface area (Å²) in [6.07, 6.45) is -2.00. The Morgan fingerprint density at radius 3 is 1.83 bits per heavy atom. The molecule has 0 aliphatic carbocycles. The molecule has 0 amide bonds. The van der Waals surface area contributed by atoms with Crippen molar-refractivity contribution < 1.29 is 30.9 Å². The van der Waals surface area contributed by atoms with Crippen LogP contribution >= 0.6 is 0 Å². The predicted molar refractivity (Wildman–Crippen MR) is 32.8 cm³/mol. The lowest BCUT2D eigenvalue weighted by molar-refractivity contribution is -0.0738. The Morgan fingerprint density at radius 1 is 1.42 bits per heavy atom. The molecule has 0 saturated carbocycles. The lowest BCUT2D eigenvalue weighted by Gasteiger charge is -2.09. The quantitative estimate of drug-likeness (QED) is 0.390. The van der Waals surface area contributed by atoms with Gasteiger partial charge >= 0.3 is 15.6 Å². The molecule has 12 heavy (non-hydrogen) atoms. The number of aliphatic hydroxyl groups is 1. The van der Waals surface area contributed by atoms with Gasteiger partial charge in [-0.15, -0.1) is 0 Å². The molecule has 1 unspecified atom stereocenters. The summed E-state index contributed by atoms with van der Waals surface area (Å²) in [5.74, 6) is 0. The fraction of sp³-hybridized carbons (Fsp3) is 1.00. The van der Waals surface area contributed by atoms with Crippen LogP contribution in [0.2, 0.25) is 0 Å². The van der Waals surface area contributed by atoms with E-state index in [1.807, 2.05) is 0 Å². The smallest absolute Gasteiger partial charge is 0.367 e. The molecule has 9 heteroatoms. The van der Waals surface area contributed by atoms with E-state index in [0.29, 0.717) is 0 Å². The van der Waals surface area contributed by atoms with Crippen molar-refractivity contribution in [3.63, 3.8) is 0 Å². The van der Waals surface area contributed by atoms with Crippen LogP contribution in [0.5, 0.6) is 0 Å². The standard InChI is InChI=1S/C3H5F3O4S.H3N/c1-2(7)10-11(8,9)3(4,5)6;/h2,7H,1H3;1H3. The molecular weight excluding hydrogens is 203 g/mol. The van der Waals surface area contributed by atoms with Crippen LogP contribution < -0.4 is 6.15 Å². The molecule has 76 valence electrons. The monoisotopic (exact) mass is 211 g/mol. The number of rotatable bonds is 2. The summed E-state index contributed by atoms with van der Waals surface area (Å²) in [7, 11) is -5.65. The maximum Gasteiger partial charge on any atom is 0.523 e. The molecule has 0 aromatic heterocycles. The fourth-order valence-corrected chi connectivity index (χ4v) is 0.714. The van der Waals surface area contributed by atoms with Crippen molar-refractivity contribution in [1.82, 2.24) is 6.15 Å². The van der Waals surface area contributed by atoms with Crippen LogP contribution in [0.25, 0.3) is 0 Å². The van der Waals surface area contributed by atoms with E-state index >= 15 is 0 Å². The second-order valence-electron chi connectivity index (χ2n) is 1.60. The highest BCUT2D eigenvalue weighted by Gasteiger charge is 2.48. The third-order valence-corrected chi connectivity index (χ3v) is 1.65. The van der Waals surface area contributed by atoms with Gasteiger partial charge < -0.3 is 11.3 Å². The predicted octanol–water partition coefficient (Wildman–Crippen LogP) is 0.353. The topological polar surface area (TPSA) is 98.6 Å². The molecule has 1 atom stereocenters. The number of hydrogen-bond acceptors (Lipinski definition) is 5. The Kier molecular flexibility index (Phi) is 4.75. The molecule has 5 nitrogen and oxygen atoms in total. The summed E-state index contributed by atoms with van der Waals surface area (Å²) in [5, 5.41) is 8.15. The van der Waals surface area contributed by atoms with E-state index in [1.54, 1.807) is 0 Å². The zero-order valence-electron chi connectivity index (χ0n) is 6.00. The second-order valence-corrected chi connectivity index (χ2v) is 3.16. The van der Waals surface area contributed by atoms with E-state index in [-0.39, 0.29) is 6.15 Å². The number of aliphatic hydroxyl groups excluding tert-OH is 1. The minimum atomic E-state index is -5.65. The molecule has 0 radical (unpaired) electrons. The molecule has 4 N–H and O–H groups in total. The summed E-state index contributed by atoms with van der Waals surface area (Å²) in [5.41, 5.74) is -5.48. The first-order chi connectivity index (χ1) is 4.67. The molecular formula is C3H8F3NO4S. The van der Waals surface area contributed by atoms with Crippen molar-refractivity contribution in [2.75, 3.05) is 0 Å². The Bertz CT molecular complexity index is 220. The highest BCUT2D eigenvalue weighted by molar-refractivity contribution is 7.87. The largest absolute Gasteiger partial charge is 0.523 e. The molecule has 0 heterocycles. The molecule has 0 aliphatic heterocycles. The summed E-state index contributed by atoms with van der Waals surface area (Å²) in [4.78, 5) is 0. The summed E-state index contributed by atoms with van der Waals surface area (Å²) < 4.78 is 57.2. The van der Waals surface area contributed by atoms with Crippen molar-refractivity contribution >= 4 is 10.1 Å². The van der Waals surface area contributed by atoms with Crippen LogP contribution in [-0.4, -0.2) is 25.3 Å². The van der Waals surface area contributed by atoms with Crippen molar-refractivity contribution in [3.8, 4) is 0 Å². The van der Waals surface area contributed by atoms with Crippen molar-refractivity contribution in [2.24, 2.45) is 0 Å². The Hall–Kier alpha value is -0.380. The lowest BCUT2D eigenvalue weighted by atomic mass is 10.8.